The third-order valence-electron chi connectivity index (χ3n) is 2.17. The quantitative estimate of drug-likeness (QED) is 0.857. The second-order valence-corrected chi connectivity index (χ2v) is 5.05. The Balaban J connectivity index is 2.69. The maximum atomic E-state index is 11.7. The zero-order valence-corrected chi connectivity index (χ0v) is 10.7. The van der Waals surface area contributed by atoms with Crippen LogP contribution < -0.4 is 5.32 Å². The van der Waals surface area contributed by atoms with E-state index in [-0.39, 0.29) is 16.8 Å². The minimum absolute atomic E-state index is 0.0832. The summed E-state index contributed by atoms with van der Waals surface area (Å²) in [6, 6.07) is 5.50. The largest absolute Gasteiger partial charge is 0.347 e. The van der Waals surface area contributed by atoms with Gasteiger partial charge in [-0.25, -0.2) is 4.98 Å². The maximum Gasteiger partial charge on any atom is 0.270 e. The number of carbonyl (C=O) groups excluding carboxylic acids is 1. The molecule has 0 radical (unpaired) electrons. The topological polar surface area (TPSA) is 42.0 Å². The van der Waals surface area contributed by atoms with Crippen LogP contribution in [0.25, 0.3) is 0 Å². The summed E-state index contributed by atoms with van der Waals surface area (Å²) in [7, 11) is 0. The van der Waals surface area contributed by atoms with Gasteiger partial charge in [0.15, 0.2) is 0 Å². The van der Waals surface area contributed by atoms with E-state index in [0.717, 1.165) is 5.69 Å². The fourth-order valence-electron chi connectivity index (χ4n) is 1.07. The molecule has 1 heterocycles. The Morgan fingerprint density at radius 1 is 1.47 bits per heavy atom. The van der Waals surface area contributed by atoms with Gasteiger partial charge in [0.05, 0.1) is 0 Å². The van der Waals surface area contributed by atoms with Crippen molar-refractivity contribution >= 4 is 21.8 Å². The molecule has 0 bridgehead atoms. The van der Waals surface area contributed by atoms with Crippen molar-refractivity contribution in [3.05, 3.63) is 29.6 Å². The lowest BCUT2D eigenvalue weighted by Crippen LogP contribution is -2.37. The van der Waals surface area contributed by atoms with Gasteiger partial charge in [-0.1, -0.05) is 28.9 Å². The third kappa shape index (κ3) is 3.63. The molecule has 0 aromatic carbocycles. The van der Waals surface area contributed by atoms with E-state index >= 15 is 0 Å². The smallest absolute Gasteiger partial charge is 0.270 e. The normalized spacial score (nSPS) is 14.4. The Labute approximate surface area is 98.4 Å². The first-order valence-corrected chi connectivity index (χ1v) is 5.81. The zero-order valence-electron chi connectivity index (χ0n) is 9.12. The lowest BCUT2D eigenvalue weighted by atomic mass is 10.2. The Kier molecular flexibility index (Phi) is 4.27. The first-order chi connectivity index (χ1) is 7.00. The summed E-state index contributed by atoms with van der Waals surface area (Å²) in [5.41, 5.74) is 1.32. The van der Waals surface area contributed by atoms with Gasteiger partial charge in [0.25, 0.3) is 5.91 Å². The van der Waals surface area contributed by atoms with Gasteiger partial charge < -0.3 is 5.32 Å². The average molecular weight is 271 g/mol. The van der Waals surface area contributed by atoms with Crippen molar-refractivity contribution in [3.8, 4) is 0 Å². The van der Waals surface area contributed by atoms with Gasteiger partial charge in [-0.3, -0.25) is 4.79 Å². The van der Waals surface area contributed by atoms with Crippen LogP contribution in [-0.4, -0.2) is 21.8 Å². The highest BCUT2D eigenvalue weighted by molar-refractivity contribution is 9.09. The predicted molar refractivity (Wildman–Crippen MR) is 64.3 cm³/mol. The minimum Gasteiger partial charge on any atom is -0.347 e. The first kappa shape index (κ1) is 12.2. The molecule has 15 heavy (non-hydrogen) atoms. The van der Waals surface area contributed by atoms with E-state index in [1.54, 1.807) is 6.07 Å². The van der Waals surface area contributed by atoms with E-state index in [1.165, 1.54) is 0 Å². The Bertz CT molecular complexity index is 352. The summed E-state index contributed by atoms with van der Waals surface area (Å²) in [5.74, 6) is -0.127. The van der Waals surface area contributed by atoms with Crippen molar-refractivity contribution in [1.82, 2.24) is 10.3 Å². The van der Waals surface area contributed by atoms with Crippen LogP contribution in [0.2, 0.25) is 0 Å². The van der Waals surface area contributed by atoms with Crippen LogP contribution >= 0.6 is 15.9 Å². The van der Waals surface area contributed by atoms with Crippen LogP contribution in [0.1, 0.15) is 30.0 Å². The number of aryl methyl sites for hydroxylation is 1. The van der Waals surface area contributed by atoms with Crippen LogP contribution in [0.3, 0.4) is 0 Å². The number of alkyl halides is 1. The summed E-state index contributed by atoms with van der Waals surface area (Å²) in [5, 5.41) is 2.87. The fourth-order valence-corrected chi connectivity index (χ4v) is 1.20. The molecular formula is C11H15BrN2O. The number of hydrogen-bond acceptors (Lipinski definition) is 2. The van der Waals surface area contributed by atoms with E-state index in [2.05, 4.69) is 26.2 Å². The molecule has 1 aromatic heterocycles. The summed E-state index contributed by atoms with van der Waals surface area (Å²) in [6.45, 7) is 5.81. The van der Waals surface area contributed by atoms with Crippen molar-refractivity contribution in [2.45, 2.75) is 31.6 Å². The molecule has 0 aliphatic heterocycles. The van der Waals surface area contributed by atoms with Crippen LogP contribution in [0.5, 0.6) is 0 Å². The summed E-state index contributed by atoms with van der Waals surface area (Å²) in [6.07, 6.45) is 0. The highest BCUT2D eigenvalue weighted by Crippen LogP contribution is 2.05. The van der Waals surface area contributed by atoms with Gasteiger partial charge in [-0.05, 0) is 26.0 Å². The highest BCUT2D eigenvalue weighted by Gasteiger charge is 2.14. The predicted octanol–water partition coefficient (Wildman–Crippen LogP) is 2.29. The number of nitrogens with one attached hydrogen (secondary N) is 1. The summed E-state index contributed by atoms with van der Waals surface area (Å²) >= 11 is 3.42. The molecule has 3 nitrogen and oxygen atoms in total. The van der Waals surface area contributed by atoms with Crippen LogP contribution in [0.4, 0.5) is 0 Å². The molecule has 1 aromatic rings. The van der Waals surface area contributed by atoms with Crippen molar-refractivity contribution in [2.24, 2.45) is 0 Å². The summed E-state index contributed by atoms with van der Waals surface area (Å²) < 4.78 is 0. The van der Waals surface area contributed by atoms with E-state index < -0.39 is 0 Å². The Morgan fingerprint density at radius 3 is 2.67 bits per heavy atom. The SMILES string of the molecule is Cc1cccc(C(=O)NC(C)C(C)Br)n1. The van der Waals surface area contributed by atoms with Crippen LogP contribution in [0, 0.1) is 6.92 Å². The second kappa shape index (κ2) is 5.26. The maximum absolute atomic E-state index is 11.7. The van der Waals surface area contributed by atoms with E-state index in [1.807, 2.05) is 32.9 Å². The number of hydrogen-bond donors (Lipinski definition) is 1. The third-order valence-corrected chi connectivity index (χ3v) is 2.96. The highest BCUT2D eigenvalue weighted by atomic mass is 79.9. The average Bonchev–Trinajstić information content (AvgIpc) is 2.17. The number of carbonyl (C=O) groups is 1. The molecule has 0 fully saturated rings. The van der Waals surface area contributed by atoms with Crippen molar-refractivity contribution in [3.63, 3.8) is 0 Å². The number of pyridine rings is 1. The first-order valence-electron chi connectivity index (χ1n) is 4.89. The zero-order chi connectivity index (χ0) is 11.4. The molecule has 1 N–H and O–H groups in total. The molecule has 0 saturated heterocycles. The molecule has 4 heteroatoms. The number of nitrogens with zero attached hydrogens (tertiary/aromatic N) is 1. The standard InChI is InChI=1S/C11H15BrN2O/c1-7-5-4-6-10(13-7)11(15)14-9(3)8(2)12/h4-6,8-9H,1-3H3,(H,14,15). The fraction of sp³-hybridized carbons (Fsp3) is 0.455. The van der Waals surface area contributed by atoms with E-state index in [9.17, 15) is 4.79 Å². The molecule has 1 rings (SSSR count). The molecule has 1 amide bonds. The van der Waals surface area contributed by atoms with Crippen molar-refractivity contribution in [2.75, 3.05) is 0 Å². The van der Waals surface area contributed by atoms with Crippen molar-refractivity contribution in [1.29, 1.82) is 0 Å². The van der Waals surface area contributed by atoms with Crippen LogP contribution in [-0.2, 0) is 0 Å². The molecule has 82 valence electrons. The molecular weight excluding hydrogens is 256 g/mol. The van der Waals surface area contributed by atoms with E-state index in [0.29, 0.717) is 5.69 Å². The van der Waals surface area contributed by atoms with Gasteiger partial charge >= 0.3 is 0 Å². The number of amides is 1. The molecule has 0 spiro atoms. The molecule has 0 aliphatic rings. The molecule has 2 atom stereocenters. The van der Waals surface area contributed by atoms with Gasteiger partial charge in [-0.2, -0.15) is 0 Å². The molecule has 0 aliphatic carbocycles. The van der Waals surface area contributed by atoms with Gasteiger partial charge in [0, 0.05) is 16.6 Å². The minimum atomic E-state index is -0.127. The van der Waals surface area contributed by atoms with Crippen molar-refractivity contribution < 1.29 is 4.79 Å². The Morgan fingerprint density at radius 2 is 2.13 bits per heavy atom. The van der Waals surface area contributed by atoms with E-state index in [4.69, 9.17) is 0 Å². The monoisotopic (exact) mass is 270 g/mol. The van der Waals surface area contributed by atoms with Gasteiger partial charge in [-0.15, -0.1) is 0 Å². The lowest BCUT2D eigenvalue weighted by molar-refractivity contribution is 0.0935. The number of rotatable bonds is 3. The van der Waals surface area contributed by atoms with Gasteiger partial charge in [0.1, 0.15) is 5.69 Å². The Hall–Kier alpha value is -0.900. The van der Waals surface area contributed by atoms with Crippen LogP contribution in [0.15, 0.2) is 18.2 Å². The van der Waals surface area contributed by atoms with Gasteiger partial charge in [0.2, 0.25) is 0 Å². The summed E-state index contributed by atoms with van der Waals surface area (Å²) in [4.78, 5) is 16.1. The molecule has 2 unspecified atom stereocenters. The number of aromatic nitrogens is 1. The number of halogens is 1. The molecule has 0 saturated carbocycles. The second-order valence-electron chi connectivity index (χ2n) is 3.60. The lowest BCUT2D eigenvalue weighted by Gasteiger charge is -2.15.